The number of hydrogen-bond acceptors (Lipinski definition) is 9. The Hall–Kier alpha value is -5.25. The first-order valence-electron chi connectivity index (χ1n) is 17.6. The molecule has 12 nitrogen and oxygen atoms in total. The third-order valence-electron chi connectivity index (χ3n) is 11.0. The number of fused-ring (bicyclic) bond motifs is 3. The van der Waals surface area contributed by atoms with Crippen molar-refractivity contribution in [1.29, 1.82) is 5.26 Å². The van der Waals surface area contributed by atoms with Gasteiger partial charge in [0.1, 0.15) is 17.2 Å². The van der Waals surface area contributed by atoms with Crippen LogP contribution in [0.25, 0.3) is 11.1 Å². The van der Waals surface area contributed by atoms with Crippen molar-refractivity contribution in [3.05, 3.63) is 87.2 Å². The highest BCUT2D eigenvalue weighted by molar-refractivity contribution is 6.10. The van der Waals surface area contributed by atoms with E-state index < -0.39 is 0 Å². The van der Waals surface area contributed by atoms with Crippen LogP contribution in [0.5, 0.6) is 0 Å². The Balaban J connectivity index is 1.08. The molecule has 0 saturated carbocycles. The Kier molecular flexibility index (Phi) is 8.08. The maximum atomic E-state index is 14.0. The van der Waals surface area contributed by atoms with Gasteiger partial charge in [0.15, 0.2) is 6.29 Å². The van der Waals surface area contributed by atoms with Crippen molar-refractivity contribution in [2.75, 3.05) is 54.5 Å². The number of hydrogen-bond donors (Lipinski definition) is 1. The molecule has 1 atom stereocenters. The number of aldehydes is 1. The van der Waals surface area contributed by atoms with Crippen molar-refractivity contribution in [2.45, 2.75) is 52.2 Å². The largest absolute Gasteiger partial charge is 0.378 e. The molecular formula is C39H42N8O4. The fourth-order valence-electron chi connectivity index (χ4n) is 8.35. The standard InChI is InChI=1S/C39H42N8O4/c1-24-19-44(29-22-51-23-29)9-10-45(24)28-6-8-35(41-18-28)42-31-13-27(20-43(4)37(31)49)36-25(17-40)5-7-32(30(36)21-48)47-12-11-46-33(38(47)50)14-26-15-39(2,3)16-34(26)46/h5-8,13-14,18,20-21,24,29H,9-12,15-16,19,22-23H2,1-4H3,(H,41,42)/t24-/m0/s1. The highest BCUT2D eigenvalue weighted by Crippen LogP contribution is 2.41. The van der Waals surface area contributed by atoms with Crippen LogP contribution in [0.2, 0.25) is 0 Å². The predicted molar refractivity (Wildman–Crippen MR) is 195 cm³/mol. The number of piperazine rings is 1. The SMILES string of the molecule is C[C@H]1CN(C2COC2)CCN1c1ccc(Nc2cc(-c3c(C#N)ccc(N4CCn5c(cc6c5CC(C)(C)C6)C4=O)c3C=O)cn(C)c2=O)nc1. The molecule has 4 aromatic rings. The quantitative estimate of drug-likeness (QED) is 0.282. The van der Waals surface area contributed by atoms with Crippen LogP contribution < -0.4 is 20.7 Å². The summed E-state index contributed by atoms with van der Waals surface area (Å²) in [5.41, 5.74) is 5.98. The van der Waals surface area contributed by atoms with Crippen molar-refractivity contribution >= 4 is 35.1 Å². The molecule has 2 saturated heterocycles. The molecule has 51 heavy (non-hydrogen) atoms. The number of rotatable bonds is 7. The summed E-state index contributed by atoms with van der Waals surface area (Å²) in [4.78, 5) is 51.4. The summed E-state index contributed by atoms with van der Waals surface area (Å²) in [5, 5.41) is 13.3. The van der Waals surface area contributed by atoms with Crippen LogP contribution in [0, 0.1) is 16.7 Å². The number of aryl methyl sites for hydroxylation is 1. The van der Waals surface area contributed by atoms with Gasteiger partial charge in [0.25, 0.3) is 11.5 Å². The van der Waals surface area contributed by atoms with Gasteiger partial charge in [-0.25, -0.2) is 4.98 Å². The number of pyridine rings is 2. The van der Waals surface area contributed by atoms with Gasteiger partial charge in [-0.1, -0.05) is 13.8 Å². The van der Waals surface area contributed by atoms with E-state index in [0.29, 0.717) is 59.8 Å². The molecule has 1 N–H and O–H groups in total. The number of benzene rings is 1. The van der Waals surface area contributed by atoms with Crippen LogP contribution in [0.3, 0.4) is 0 Å². The van der Waals surface area contributed by atoms with E-state index in [2.05, 4.69) is 51.5 Å². The topological polar surface area (TPSA) is 129 Å². The number of nitrogens with zero attached hydrogens (tertiary/aromatic N) is 7. The van der Waals surface area contributed by atoms with Crippen LogP contribution in [0.1, 0.15) is 58.4 Å². The number of carbonyl (C=O) groups excluding carboxylic acids is 2. The molecule has 0 spiro atoms. The highest BCUT2D eigenvalue weighted by atomic mass is 16.5. The van der Waals surface area contributed by atoms with Gasteiger partial charge in [-0.15, -0.1) is 0 Å². The second-order valence-electron chi connectivity index (χ2n) is 15.1. The Morgan fingerprint density at radius 1 is 1.06 bits per heavy atom. The molecule has 3 aromatic heterocycles. The molecule has 6 heterocycles. The minimum atomic E-state index is -0.292. The Labute approximate surface area is 296 Å². The summed E-state index contributed by atoms with van der Waals surface area (Å²) in [5.74, 6) is 0.321. The molecule has 1 aromatic carbocycles. The molecule has 0 unspecified atom stereocenters. The Morgan fingerprint density at radius 3 is 2.57 bits per heavy atom. The third kappa shape index (κ3) is 5.70. The van der Waals surface area contributed by atoms with E-state index in [1.807, 2.05) is 24.4 Å². The number of ether oxygens (including phenoxy) is 1. The number of amides is 1. The Bertz CT molecular complexity index is 2160. The van der Waals surface area contributed by atoms with Crippen molar-refractivity contribution in [1.82, 2.24) is 19.0 Å². The zero-order valence-electron chi connectivity index (χ0n) is 29.5. The van der Waals surface area contributed by atoms with Crippen molar-refractivity contribution in [3.8, 4) is 17.2 Å². The van der Waals surface area contributed by atoms with Crippen molar-refractivity contribution in [3.63, 3.8) is 0 Å². The molecule has 1 amide bonds. The molecule has 4 aliphatic rings. The van der Waals surface area contributed by atoms with Gasteiger partial charge in [0.05, 0.1) is 48.5 Å². The molecule has 3 aliphatic heterocycles. The lowest BCUT2D eigenvalue weighted by molar-refractivity contribution is -0.0691. The van der Waals surface area contributed by atoms with E-state index in [1.54, 1.807) is 36.3 Å². The molecule has 2 fully saturated rings. The minimum absolute atomic E-state index is 0.169. The molecule has 0 radical (unpaired) electrons. The van der Waals surface area contributed by atoms with Gasteiger partial charge < -0.3 is 29.0 Å². The monoisotopic (exact) mass is 686 g/mol. The lowest BCUT2D eigenvalue weighted by Gasteiger charge is -2.46. The fraction of sp³-hybridized carbons (Fsp3) is 0.410. The molecule has 8 rings (SSSR count). The van der Waals surface area contributed by atoms with Gasteiger partial charge in [0.2, 0.25) is 0 Å². The first kappa shape index (κ1) is 32.9. The van der Waals surface area contributed by atoms with Gasteiger partial charge in [-0.05, 0) is 67.1 Å². The second kappa shape index (κ2) is 12.5. The maximum Gasteiger partial charge on any atom is 0.274 e. The number of nitriles is 1. The van der Waals surface area contributed by atoms with Gasteiger partial charge in [0, 0.05) is 74.4 Å². The number of nitrogens with one attached hydrogen (secondary N) is 1. The first-order valence-corrected chi connectivity index (χ1v) is 17.6. The fourth-order valence-corrected chi connectivity index (χ4v) is 8.35. The summed E-state index contributed by atoms with van der Waals surface area (Å²) >= 11 is 0. The average molecular weight is 687 g/mol. The van der Waals surface area contributed by atoms with Gasteiger partial charge in [-0.3, -0.25) is 19.3 Å². The van der Waals surface area contributed by atoms with Crippen molar-refractivity contribution in [2.24, 2.45) is 12.5 Å². The summed E-state index contributed by atoms with van der Waals surface area (Å²) in [6.07, 6.45) is 5.98. The lowest BCUT2D eigenvalue weighted by Crippen LogP contribution is -2.59. The molecule has 1 aliphatic carbocycles. The Morgan fingerprint density at radius 2 is 1.88 bits per heavy atom. The van der Waals surface area contributed by atoms with E-state index in [4.69, 9.17) is 4.74 Å². The minimum Gasteiger partial charge on any atom is -0.378 e. The molecule has 262 valence electrons. The van der Waals surface area contributed by atoms with Crippen LogP contribution in [-0.2, 0) is 31.2 Å². The predicted octanol–water partition coefficient (Wildman–Crippen LogP) is 4.37. The summed E-state index contributed by atoms with van der Waals surface area (Å²) in [7, 11) is 1.63. The zero-order valence-corrected chi connectivity index (χ0v) is 29.5. The maximum absolute atomic E-state index is 14.0. The van der Waals surface area contributed by atoms with Crippen LogP contribution in [-0.4, -0.2) is 82.7 Å². The number of carbonyl (C=O) groups is 2. The zero-order chi connectivity index (χ0) is 35.6. The number of aromatic nitrogens is 3. The summed E-state index contributed by atoms with van der Waals surface area (Å²) in [6, 6.07) is 13.9. The van der Waals surface area contributed by atoms with E-state index in [9.17, 15) is 19.6 Å². The molecular weight excluding hydrogens is 644 g/mol. The highest BCUT2D eigenvalue weighted by Gasteiger charge is 2.38. The second-order valence-corrected chi connectivity index (χ2v) is 15.1. The first-order chi connectivity index (χ1) is 24.5. The van der Waals surface area contributed by atoms with Crippen LogP contribution in [0.4, 0.5) is 22.9 Å². The van der Waals surface area contributed by atoms with Crippen LogP contribution >= 0.6 is 0 Å². The van der Waals surface area contributed by atoms with Gasteiger partial charge in [-0.2, -0.15) is 5.26 Å². The van der Waals surface area contributed by atoms with E-state index in [1.165, 1.54) is 15.8 Å². The molecule has 12 heteroatoms. The smallest absolute Gasteiger partial charge is 0.274 e. The average Bonchev–Trinajstić information content (AvgIpc) is 3.58. The lowest BCUT2D eigenvalue weighted by atomic mass is 9.90. The van der Waals surface area contributed by atoms with Gasteiger partial charge >= 0.3 is 0 Å². The normalized spacial score (nSPS) is 20.1. The number of anilines is 4. The van der Waals surface area contributed by atoms with E-state index >= 15 is 0 Å². The van der Waals surface area contributed by atoms with Crippen LogP contribution in [0.15, 0.2) is 53.6 Å². The van der Waals surface area contributed by atoms with Crippen molar-refractivity contribution < 1.29 is 14.3 Å². The summed E-state index contributed by atoms with van der Waals surface area (Å²) < 4.78 is 8.94. The van der Waals surface area contributed by atoms with E-state index in [0.717, 1.165) is 51.4 Å². The molecule has 0 bridgehead atoms. The third-order valence-corrected chi connectivity index (χ3v) is 11.0. The summed E-state index contributed by atoms with van der Waals surface area (Å²) in [6.45, 7) is 12.2. The van der Waals surface area contributed by atoms with E-state index in [-0.39, 0.29) is 33.7 Å².